The van der Waals surface area contributed by atoms with E-state index in [0.29, 0.717) is 23.4 Å². The lowest BCUT2D eigenvalue weighted by Crippen LogP contribution is -1.83. The van der Waals surface area contributed by atoms with E-state index in [2.05, 4.69) is 46.3 Å². The predicted octanol–water partition coefficient (Wildman–Crippen LogP) is 6.08. The largest absolute Gasteiger partial charge is 0.334 e. The van der Waals surface area contributed by atoms with E-state index in [1.54, 1.807) is 0 Å². The smallest absolute Gasteiger partial charge is 0.257 e. The van der Waals surface area contributed by atoms with Gasteiger partial charge in [-0.1, -0.05) is 48.4 Å². The minimum Gasteiger partial charge on any atom is -0.334 e. The fraction of sp³-hybridized carbons (Fsp3) is 0.273. The van der Waals surface area contributed by atoms with Crippen molar-refractivity contribution < 1.29 is 9.05 Å². The van der Waals surface area contributed by atoms with Gasteiger partial charge in [-0.25, -0.2) is 0 Å². The molecule has 4 aromatic rings. The van der Waals surface area contributed by atoms with Crippen LogP contribution in [-0.4, -0.2) is 20.3 Å². The normalized spacial score (nSPS) is 10.5. The molecule has 6 nitrogen and oxygen atoms in total. The van der Waals surface area contributed by atoms with Crippen molar-refractivity contribution in [2.24, 2.45) is 0 Å². The van der Waals surface area contributed by atoms with Gasteiger partial charge in [0.25, 0.3) is 11.8 Å². The molecular weight excluding hydrogens is 423 g/mol. The third-order valence-corrected chi connectivity index (χ3v) is 4.82. The number of benzene rings is 2. The van der Waals surface area contributed by atoms with Crippen LogP contribution in [0, 0.1) is 0 Å². The van der Waals surface area contributed by atoms with E-state index in [9.17, 15) is 0 Å². The van der Waals surface area contributed by atoms with Gasteiger partial charge in [0.05, 0.1) is 11.8 Å². The topological polar surface area (TPSA) is 77.8 Å². The molecule has 30 heavy (non-hydrogen) atoms. The van der Waals surface area contributed by atoms with Crippen molar-refractivity contribution in [1.29, 1.82) is 0 Å². The van der Waals surface area contributed by atoms with Crippen LogP contribution in [0.15, 0.2) is 57.6 Å². The third kappa shape index (κ3) is 5.68. The second kappa shape index (κ2) is 10.9. The molecule has 0 aliphatic heterocycles. The number of aromatic nitrogens is 4. The zero-order valence-electron chi connectivity index (χ0n) is 16.8. The molecule has 8 heteroatoms. The van der Waals surface area contributed by atoms with Crippen LogP contribution < -0.4 is 0 Å². The Bertz CT molecular complexity index is 992. The van der Waals surface area contributed by atoms with Gasteiger partial charge in [0.15, 0.2) is 11.6 Å². The molecule has 0 radical (unpaired) electrons. The van der Waals surface area contributed by atoms with E-state index in [0.717, 1.165) is 24.0 Å². The molecule has 156 valence electrons. The molecule has 0 N–H and O–H groups in total. The van der Waals surface area contributed by atoms with Crippen LogP contribution in [0.25, 0.3) is 22.9 Å². The minimum atomic E-state index is 0.275. The summed E-state index contributed by atoms with van der Waals surface area (Å²) in [5, 5.41) is 7.50. The molecule has 0 unspecified atom stereocenters. The highest BCUT2D eigenvalue weighted by Crippen LogP contribution is 2.20. The first kappa shape index (κ1) is 22.0. The summed E-state index contributed by atoms with van der Waals surface area (Å²) in [7, 11) is 0. The average molecular weight is 445 g/mol. The molecule has 2 aromatic carbocycles. The van der Waals surface area contributed by atoms with Gasteiger partial charge in [-0.3, -0.25) is 0 Å². The Morgan fingerprint density at radius 1 is 0.700 bits per heavy atom. The number of aryl methyl sites for hydroxylation is 2. The Balaban J connectivity index is 0.000000171. The maximum atomic E-state index is 5.60. The Morgan fingerprint density at radius 3 is 1.47 bits per heavy atom. The van der Waals surface area contributed by atoms with Gasteiger partial charge in [-0.05, 0) is 48.2 Å². The summed E-state index contributed by atoms with van der Waals surface area (Å²) < 4.78 is 10.2. The lowest BCUT2D eigenvalue weighted by atomic mass is 10.1. The maximum Gasteiger partial charge on any atom is 0.257 e. The highest BCUT2D eigenvalue weighted by Gasteiger charge is 2.08. The summed E-state index contributed by atoms with van der Waals surface area (Å²) in [6.45, 7) is 4.22. The first-order chi connectivity index (χ1) is 14.7. The van der Waals surface area contributed by atoms with Crippen LogP contribution in [0.5, 0.6) is 0 Å². The molecule has 0 bridgehead atoms. The number of hydrogen-bond acceptors (Lipinski definition) is 6. The molecule has 0 saturated heterocycles. The molecule has 0 aliphatic carbocycles. The van der Waals surface area contributed by atoms with Crippen molar-refractivity contribution in [3.8, 4) is 22.9 Å². The third-order valence-electron chi connectivity index (χ3n) is 4.34. The van der Waals surface area contributed by atoms with E-state index in [1.165, 1.54) is 11.1 Å². The zero-order valence-corrected chi connectivity index (χ0v) is 18.3. The van der Waals surface area contributed by atoms with Crippen LogP contribution >= 0.6 is 23.2 Å². The fourth-order valence-electron chi connectivity index (χ4n) is 2.70. The second-order valence-electron chi connectivity index (χ2n) is 6.41. The zero-order chi connectivity index (χ0) is 21.3. The van der Waals surface area contributed by atoms with Crippen LogP contribution in [0.3, 0.4) is 0 Å². The van der Waals surface area contributed by atoms with Crippen LogP contribution in [0.4, 0.5) is 0 Å². The summed E-state index contributed by atoms with van der Waals surface area (Å²) in [5.74, 6) is 2.65. The summed E-state index contributed by atoms with van der Waals surface area (Å²) in [6.07, 6.45) is 1.98. The first-order valence-corrected chi connectivity index (χ1v) is 10.7. The van der Waals surface area contributed by atoms with Gasteiger partial charge in [0, 0.05) is 11.1 Å². The molecule has 0 atom stereocenters. The van der Waals surface area contributed by atoms with Crippen molar-refractivity contribution in [2.75, 3.05) is 0 Å². The number of alkyl halides is 2. The second-order valence-corrected chi connectivity index (χ2v) is 6.94. The Hall–Kier alpha value is -2.70. The van der Waals surface area contributed by atoms with E-state index in [1.807, 2.05) is 36.4 Å². The van der Waals surface area contributed by atoms with Gasteiger partial charge in [-0.2, -0.15) is 9.97 Å². The molecule has 0 amide bonds. The van der Waals surface area contributed by atoms with E-state index < -0.39 is 0 Å². The first-order valence-electron chi connectivity index (χ1n) is 9.62. The lowest BCUT2D eigenvalue weighted by molar-refractivity contribution is 0.425. The van der Waals surface area contributed by atoms with E-state index >= 15 is 0 Å². The Kier molecular flexibility index (Phi) is 7.99. The average Bonchev–Trinajstić information content (AvgIpc) is 3.49. The quantitative estimate of drug-likeness (QED) is 0.335. The summed E-state index contributed by atoms with van der Waals surface area (Å²) in [4.78, 5) is 8.33. The van der Waals surface area contributed by atoms with Crippen molar-refractivity contribution in [3.63, 3.8) is 0 Å². The van der Waals surface area contributed by atoms with E-state index in [-0.39, 0.29) is 11.8 Å². The van der Waals surface area contributed by atoms with E-state index in [4.69, 9.17) is 32.2 Å². The molecule has 4 rings (SSSR count). The van der Waals surface area contributed by atoms with Gasteiger partial charge in [0.2, 0.25) is 0 Å². The highest BCUT2D eigenvalue weighted by atomic mass is 35.5. The van der Waals surface area contributed by atoms with Crippen molar-refractivity contribution >= 4 is 23.2 Å². The predicted molar refractivity (Wildman–Crippen MR) is 117 cm³/mol. The van der Waals surface area contributed by atoms with Crippen molar-refractivity contribution in [3.05, 3.63) is 71.3 Å². The molecule has 0 aliphatic rings. The summed E-state index contributed by atoms with van der Waals surface area (Å²) in [5.41, 5.74) is 4.38. The molecular formula is C22H22Cl2N4O2. The molecule has 0 spiro atoms. The minimum absolute atomic E-state index is 0.275. The molecule has 0 fully saturated rings. The highest BCUT2D eigenvalue weighted by molar-refractivity contribution is 6.16. The van der Waals surface area contributed by atoms with Gasteiger partial charge in [-0.15, -0.1) is 23.2 Å². The Morgan fingerprint density at radius 2 is 1.13 bits per heavy atom. The summed E-state index contributed by atoms with van der Waals surface area (Å²) in [6, 6.07) is 16.1. The van der Waals surface area contributed by atoms with Crippen LogP contribution in [-0.2, 0) is 24.6 Å². The number of nitrogens with zero attached hydrogens (tertiary/aromatic N) is 4. The van der Waals surface area contributed by atoms with Crippen LogP contribution in [0.1, 0.15) is 36.6 Å². The van der Waals surface area contributed by atoms with Gasteiger partial charge < -0.3 is 9.05 Å². The SMILES string of the molecule is CCc1cccc(-c2nc(CCl)no2)c1.CCc1cccc(-c2nc(CCl)no2)c1. The summed E-state index contributed by atoms with van der Waals surface area (Å²) >= 11 is 11.2. The maximum absolute atomic E-state index is 5.60. The van der Waals surface area contributed by atoms with Crippen molar-refractivity contribution in [1.82, 2.24) is 20.3 Å². The van der Waals surface area contributed by atoms with Crippen LogP contribution in [0.2, 0.25) is 0 Å². The van der Waals surface area contributed by atoms with Crippen molar-refractivity contribution in [2.45, 2.75) is 38.4 Å². The Labute approximate surface area is 185 Å². The molecule has 2 aromatic heterocycles. The standard InChI is InChI=1S/2C11H11ClN2O/c2*1-2-8-4-3-5-9(6-8)11-13-10(7-12)14-15-11/h2*3-6H,2,7H2,1H3. The number of hydrogen-bond donors (Lipinski definition) is 0. The lowest BCUT2D eigenvalue weighted by Gasteiger charge is -1.97. The molecule has 2 heterocycles. The number of halogens is 2. The number of rotatable bonds is 6. The molecule has 0 saturated carbocycles. The van der Waals surface area contributed by atoms with Gasteiger partial charge >= 0.3 is 0 Å². The monoisotopic (exact) mass is 444 g/mol. The fourth-order valence-corrected chi connectivity index (χ4v) is 2.92. The van der Waals surface area contributed by atoms with Gasteiger partial charge in [0.1, 0.15) is 0 Å².